The molecule has 0 unspecified atom stereocenters. The minimum Gasteiger partial charge on any atom is -0.491 e. The van der Waals surface area contributed by atoms with Crippen molar-refractivity contribution in [1.29, 1.82) is 0 Å². The predicted molar refractivity (Wildman–Crippen MR) is 122 cm³/mol. The number of benzene rings is 1. The quantitative estimate of drug-likeness (QED) is 0.544. The van der Waals surface area contributed by atoms with Crippen molar-refractivity contribution in [1.82, 2.24) is 15.1 Å². The van der Waals surface area contributed by atoms with E-state index >= 15 is 0 Å². The Balaban J connectivity index is 1.21. The van der Waals surface area contributed by atoms with Crippen LogP contribution in [0.5, 0.6) is 5.75 Å². The maximum Gasteiger partial charge on any atom is 0.246 e. The molecule has 3 aliphatic rings. The van der Waals surface area contributed by atoms with Crippen LogP contribution in [0.1, 0.15) is 63.4 Å². The van der Waals surface area contributed by atoms with Crippen LogP contribution in [0.2, 0.25) is 0 Å². The molecule has 0 aromatic heterocycles. The number of hydrogen-bond acceptors (Lipinski definition) is 6. The van der Waals surface area contributed by atoms with E-state index in [1.807, 2.05) is 28.0 Å². The molecule has 2 aliphatic heterocycles. The first-order chi connectivity index (χ1) is 15.7. The number of para-hydroxylation sites is 1. The van der Waals surface area contributed by atoms with E-state index in [9.17, 15) is 14.7 Å². The van der Waals surface area contributed by atoms with Gasteiger partial charge in [0, 0.05) is 31.1 Å². The van der Waals surface area contributed by atoms with Crippen LogP contribution < -0.4 is 10.1 Å². The summed E-state index contributed by atoms with van der Waals surface area (Å²) >= 11 is 0. The van der Waals surface area contributed by atoms with Crippen LogP contribution in [0, 0.1) is 0 Å². The zero-order valence-corrected chi connectivity index (χ0v) is 18.7. The fourth-order valence-electron chi connectivity index (χ4n) is 4.86. The van der Waals surface area contributed by atoms with Crippen molar-refractivity contribution in [2.45, 2.75) is 70.4 Å². The molecule has 8 nitrogen and oxygen atoms in total. The lowest BCUT2D eigenvalue weighted by Crippen LogP contribution is -2.43. The molecular formula is C24H34N4O4. The summed E-state index contributed by atoms with van der Waals surface area (Å²) in [5.41, 5.74) is 1.85. The summed E-state index contributed by atoms with van der Waals surface area (Å²) < 4.78 is 6.00. The number of carbonyl (C=O) groups is 2. The molecule has 2 amide bonds. The van der Waals surface area contributed by atoms with Crippen LogP contribution in [0.15, 0.2) is 23.2 Å². The van der Waals surface area contributed by atoms with Crippen molar-refractivity contribution in [2.24, 2.45) is 4.99 Å². The molecule has 1 aromatic carbocycles. The van der Waals surface area contributed by atoms with Crippen LogP contribution in [0.3, 0.4) is 0 Å². The lowest BCUT2D eigenvalue weighted by Gasteiger charge is -2.34. The highest BCUT2D eigenvalue weighted by atomic mass is 16.5. The Kier molecular flexibility index (Phi) is 7.63. The average Bonchev–Trinajstić information content (AvgIpc) is 3.17. The number of unbranched alkanes of at least 4 members (excludes halogenated alkanes) is 2. The zero-order chi connectivity index (χ0) is 22.3. The van der Waals surface area contributed by atoms with E-state index in [-0.39, 0.29) is 18.4 Å². The summed E-state index contributed by atoms with van der Waals surface area (Å²) in [4.78, 5) is 32.8. The number of rotatable bonds is 10. The van der Waals surface area contributed by atoms with Crippen LogP contribution in [-0.2, 0) is 16.1 Å². The molecule has 0 radical (unpaired) electrons. The Labute approximate surface area is 189 Å². The number of aliphatic hydroxyl groups is 1. The summed E-state index contributed by atoms with van der Waals surface area (Å²) in [6, 6.07) is 6.19. The van der Waals surface area contributed by atoms with Crippen molar-refractivity contribution < 1.29 is 19.4 Å². The Morgan fingerprint density at radius 3 is 2.84 bits per heavy atom. The third-order valence-electron chi connectivity index (χ3n) is 6.52. The molecule has 2 N–H and O–H groups in total. The largest absolute Gasteiger partial charge is 0.491 e. The minimum absolute atomic E-state index is 0.0309. The highest BCUT2D eigenvalue weighted by Crippen LogP contribution is 2.36. The van der Waals surface area contributed by atoms with E-state index in [0.717, 1.165) is 49.1 Å². The van der Waals surface area contributed by atoms with E-state index in [2.05, 4.69) is 10.3 Å². The smallest absolute Gasteiger partial charge is 0.246 e. The van der Waals surface area contributed by atoms with Crippen LogP contribution >= 0.6 is 0 Å². The molecule has 174 valence electrons. The molecule has 1 aliphatic carbocycles. The highest BCUT2D eigenvalue weighted by Gasteiger charge is 2.30. The van der Waals surface area contributed by atoms with Crippen LogP contribution in [0.4, 0.5) is 5.69 Å². The molecule has 2 fully saturated rings. The number of nitrogens with one attached hydrogen (secondary N) is 1. The van der Waals surface area contributed by atoms with Gasteiger partial charge >= 0.3 is 0 Å². The number of aliphatic hydroxyl groups excluding tert-OH is 1. The Bertz CT molecular complexity index is 850. The van der Waals surface area contributed by atoms with Gasteiger partial charge in [-0.25, -0.2) is 4.99 Å². The van der Waals surface area contributed by atoms with E-state index in [1.165, 1.54) is 19.3 Å². The van der Waals surface area contributed by atoms with Crippen molar-refractivity contribution >= 4 is 23.5 Å². The number of ether oxygens (including phenoxy) is 1. The van der Waals surface area contributed by atoms with E-state index in [4.69, 9.17) is 4.74 Å². The van der Waals surface area contributed by atoms with Crippen molar-refractivity contribution in [2.75, 3.05) is 26.3 Å². The average molecular weight is 443 g/mol. The fraction of sp³-hybridized carbons (Fsp3) is 0.625. The molecule has 0 bridgehead atoms. The first-order valence-electron chi connectivity index (χ1n) is 11.9. The molecule has 1 saturated heterocycles. The summed E-state index contributed by atoms with van der Waals surface area (Å²) in [6.07, 6.45) is 8.86. The molecule has 4 rings (SSSR count). The van der Waals surface area contributed by atoms with E-state index in [0.29, 0.717) is 44.7 Å². The minimum atomic E-state index is -0.0328. The summed E-state index contributed by atoms with van der Waals surface area (Å²) in [5, 5.41) is 12.2. The van der Waals surface area contributed by atoms with Gasteiger partial charge in [0.1, 0.15) is 18.0 Å². The first kappa shape index (κ1) is 22.6. The van der Waals surface area contributed by atoms with Gasteiger partial charge in [-0.05, 0) is 38.2 Å². The van der Waals surface area contributed by atoms with Crippen LogP contribution in [-0.4, -0.2) is 65.0 Å². The van der Waals surface area contributed by atoms with Gasteiger partial charge in [0.05, 0.1) is 13.2 Å². The van der Waals surface area contributed by atoms with Gasteiger partial charge in [0.2, 0.25) is 17.8 Å². The van der Waals surface area contributed by atoms with Gasteiger partial charge in [-0.15, -0.1) is 0 Å². The molecule has 1 saturated carbocycles. The maximum atomic E-state index is 12.7. The van der Waals surface area contributed by atoms with Crippen molar-refractivity contribution in [3.05, 3.63) is 23.8 Å². The third kappa shape index (κ3) is 5.41. The van der Waals surface area contributed by atoms with Gasteiger partial charge in [-0.3, -0.25) is 14.9 Å². The lowest BCUT2D eigenvalue weighted by atomic mass is 9.94. The third-order valence-corrected chi connectivity index (χ3v) is 6.52. The SMILES string of the molecule is O=C1CN2Cc3cccc(OCCCCCC(=O)N(CCO)C4CCCCC4)c3N=C2N1. The molecule has 32 heavy (non-hydrogen) atoms. The molecule has 0 atom stereocenters. The normalized spacial score (nSPS) is 18.0. The highest BCUT2D eigenvalue weighted by molar-refractivity contribution is 6.06. The lowest BCUT2D eigenvalue weighted by molar-refractivity contribution is -0.135. The molecular weight excluding hydrogens is 408 g/mol. The number of hydrogen-bond donors (Lipinski definition) is 2. The molecule has 1 aromatic rings. The number of fused-ring (bicyclic) bond motifs is 2. The van der Waals surface area contributed by atoms with Gasteiger partial charge < -0.3 is 19.6 Å². The standard InChI is InChI=1S/C24H34N4O4/c29-14-13-28(19-9-3-1-4-10-19)22(31)12-5-2-6-15-32-20-11-7-8-18-16-27-17-21(30)25-24(27)26-23(18)20/h7-8,11,19,29H,1-6,9-10,12-17H2,(H,25,26,30). The number of aliphatic imine (C=N–C) groups is 1. The molecule has 0 spiro atoms. The van der Waals surface area contributed by atoms with Crippen molar-refractivity contribution in [3.63, 3.8) is 0 Å². The summed E-state index contributed by atoms with van der Waals surface area (Å²) in [7, 11) is 0. The van der Waals surface area contributed by atoms with E-state index < -0.39 is 0 Å². The van der Waals surface area contributed by atoms with Crippen molar-refractivity contribution in [3.8, 4) is 5.75 Å². The molecule has 2 heterocycles. The fourth-order valence-corrected chi connectivity index (χ4v) is 4.86. The number of amides is 2. The maximum absolute atomic E-state index is 12.7. The van der Waals surface area contributed by atoms with Gasteiger partial charge in [-0.2, -0.15) is 0 Å². The second-order valence-electron chi connectivity index (χ2n) is 8.87. The zero-order valence-electron chi connectivity index (χ0n) is 18.7. The topological polar surface area (TPSA) is 94.5 Å². The Morgan fingerprint density at radius 1 is 1.19 bits per heavy atom. The van der Waals surface area contributed by atoms with E-state index in [1.54, 1.807) is 0 Å². The first-order valence-corrected chi connectivity index (χ1v) is 11.9. The second-order valence-corrected chi connectivity index (χ2v) is 8.87. The number of guanidine groups is 1. The Morgan fingerprint density at radius 2 is 2.03 bits per heavy atom. The monoisotopic (exact) mass is 442 g/mol. The van der Waals surface area contributed by atoms with Gasteiger partial charge in [-0.1, -0.05) is 31.4 Å². The molecule has 8 heteroatoms. The number of nitrogens with zero attached hydrogens (tertiary/aromatic N) is 3. The van der Waals surface area contributed by atoms with Crippen LogP contribution in [0.25, 0.3) is 0 Å². The Hall–Kier alpha value is -2.61. The van der Waals surface area contributed by atoms with Gasteiger partial charge in [0.25, 0.3) is 0 Å². The summed E-state index contributed by atoms with van der Waals surface area (Å²) in [6.45, 7) is 2.04. The predicted octanol–water partition coefficient (Wildman–Crippen LogP) is 2.71. The summed E-state index contributed by atoms with van der Waals surface area (Å²) in [5.74, 6) is 1.47. The number of carbonyl (C=O) groups excluding carboxylic acids is 2. The van der Waals surface area contributed by atoms with Gasteiger partial charge in [0.15, 0.2) is 0 Å². The second kappa shape index (κ2) is 10.8.